The molecule has 33 heavy (non-hydrogen) atoms. The minimum Gasteiger partial charge on any atom is -0.367 e. The number of hydrogen-bond acceptors (Lipinski definition) is 6. The van der Waals surface area contributed by atoms with E-state index in [0.717, 1.165) is 39.1 Å². The summed E-state index contributed by atoms with van der Waals surface area (Å²) < 4.78 is 1.04. The Morgan fingerprint density at radius 2 is 1.67 bits per heavy atom. The van der Waals surface area contributed by atoms with Gasteiger partial charge in [0.15, 0.2) is 5.82 Å². The van der Waals surface area contributed by atoms with Gasteiger partial charge in [-0.2, -0.15) is 0 Å². The quantitative estimate of drug-likeness (QED) is 0.331. The molecule has 3 heterocycles. The highest BCUT2D eigenvalue weighted by Crippen LogP contribution is 2.37. The maximum Gasteiger partial charge on any atom is 0.162 e. The fourth-order valence-electron chi connectivity index (χ4n) is 3.82. The number of nitrogens with zero attached hydrogens (tertiary/aromatic N) is 3. The highest BCUT2D eigenvalue weighted by atomic mass is 32.1. The first kappa shape index (κ1) is 21.2. The molecule has 3 aromatic heterocycles. The summed E-state index contributed by atoms with van der Waals surface area (Å²) in [4.78, 5) is 14.0. The number of rotatable bonds is 7. The van der Waals surface area contributed by atoms with Crippen LogP contribution in [-0.2, 0) is 6.42 Å². The number of nitrogens with one attached hydrogen (secondary N) is 1. The van der Waals surface area contributed by atoms with Gasteiger partial charge in [-0.1, -0.05) is 60.2 Å². The van der Waals surface area contributed by atoms with E-state index < -0.39 is 0 Å². The molecule has 0 fully saturated rings. The second kappa shape index (κ2) is 9.48. The maximum atomic E-state index is 6.45. The molecule has 0 amide bonds. The summed E-state index contributed by atoms with van der Waals surface area (Å²) in [6.07, 6.45) is 4.33. The Kier molecular flexibility index (Phi) is 6.11. The number of benzene rings is 2. The van der Waals surface area contributed by atoms with Gasteiger partial charge in [0.2, 0.25) is 0 Å². The monoisotopic (exact) mass is 451 g/mol. The van der Waals surface area contributed by atoms with Gasteiger partial charge in [0.1, 0.15) is 5.82 Å². The van der Waals surface area contributed by atoms with Crippen LogP contribution in [0.2, 0.25) is 0 Å². The van der Waals surface area contributed by atoms with Crippen molar-refractivity contribution < 1.29 is 0 Å². The molecule has 0 spiro atoms. The number of anilines is 1. The van der Waals surface area contributed by atoms with Crippen molar-refractivity contribution in [2.45, 2.75) is 19.4 Å². The molecule has 0 radical (unpaired) electrons. The average molecular weight is 452 g/mol. The summed E-state index contributed by atoms with van der Waals surface area (Å²) in [7, 11) is 0. The molecule has 5 rings (SSSR count). The second-order valence-corrected chi connectivity index (χ2v) is 9.04. The summed E-state index contributed by atoms with van der Waals surface area (Å²) in [5.74, 6) is 1.49. The molecule has 164 valence electrons. The Morgan fingerprint density at radius 3 is 2.42 bits per heavy atom. The molecular weight excluding hydrogens is 426 g/mol. The van der Waals surface area contributed by atoms with Crippen molar-refractivity contribution in [2.75, 3.05) is 11.9 Å². The number of hydrogen-bond donors (Lipinski definition) is 2. The van der Waals surface area contributed by atoms with Crippen molar-refractivity contribution in [1.82, 2.24) is 15.0 Å². The van der Waals surface area contributed by atoms with Crippen molar-refractivity contribution >= 4 is 27.4 Å². The first-order valence-corrected chi connectivity index (χ1v) is 11.9. The molecule has 0 aliphatic heterocycles. The molecule has 0 bridgehead atoms. The molecule has 5 aromatic rings. The molecule has 6 heteroatoms. The Balaban J connectivity index is 1.50. The molecule has 5 nitrogen and oxygen atoms in total. The Labute approximate surface area is 197 Å². The van der Waals surface area contributed by atoms with Gasteiger partial charge in [-0.15, -0.1) is 11.3 Å². The molecule has 2 aromatic carbocycles. The third-order valence-corrected chi connectivity index (χ3v) is 6.56. The highest BCUT2D eigenvalue weighted by molar-refractivity contribution is 7.18. The summed E-state index contributed by atoms with van der Waals surface area (Å²) in [5.41, 5.74) is 13.1. The fraction of sp³-hybridized carbons (Fsp3) is 0.148. The second-order valence-electron chi connectivity index (χ2n) is 8.16. The van der Waals surface area contributed by atoms with Gasteiger partial charge in [0.05, 0.1) is 10.2 Å². The van der Waals surface area contributed by atoms with E-state index in [0.29, 0.717) is 12.4 Å². The zero-order valence-corrected chi connectivity index (χ0v) is 19.2. The summed E-state index contributed by atoms with van der Waals surface area (Å²) in [6.45, 7) is 2.72. The molecule has 0 aliphatic rings. The van der Waals surface area contributed by atoms with Gasteiger partial charge in [-0.05, 0) is 36.6 Å². The number of aryl methyl sites for hydroxylation is 1. The van der Waals surface area contributed by atoms with Crippen molar-refractivity contribution in [3.63, 3.8) is 0 Å². The summed E-state index contributed by atoms with van der Waals surface area (Å²) in [5, 5.41) is 5.67. The molecule has 1 atom stereocenters. The normalized spacial score (nSPS) is 12.1. The molecule has 1 unspecified atom stereocenters. The number of pyridine rings is 1. The van der Waals surface area contributed by atoms with Gasteiger partial charge in [-0.25, -0.2) is 9.97 Å². The van der Waals surface area contributed by atoms with Crippen LogP contribution < -0.4 is 11.1 Å². The van der Waals surface area contributed by atoms with Gasteiger partial charge in [-0.3, -0.25) is 4.98 Å². The van der Waals surface area contributed by atoms with Crippen LogP contribution in [-0.4, -0.2) is 27.5 Å². The minimum absolute atomic E-state index is 0.0293. The van der Waals surface area contributed by atoms with Crippen molar-refractivity contribution in [2.24, 2.45) is 5.73 Å². The summed E-state index contributed by atoms with van der Waals surface area (Å²) >= 11 is 1.66. The van der Waals surface area contributed by atoms with Crippen molar-refractivity contribution in [3.05, 3.63) is 95.6 Å². The fourth-order valence-corrected chi connectivity index (χ4v) is 4.80. The first-order chi connectivity index (χ1) is 16.2. The van der Waals surface area contributed by atoms with E-state index in [-0.39, 0.29) is 6.04 Å². The lowest BCUT2D eigenvalue weighted by Gasteiger charge is -2.15. The highest BCUT2D eigenvalue weighted by Gasteiger charge is 2.16. The Morgan fingerprint density at radius 1 is 0.909 bits per heavy atom. The Hall–Kier alpha value is -3.61. The van der Waals surface area contributed by atoms with Crippen molar-refractivity contribution in [3.8, 4) is 22.5 Å². The van der Waals surface area contributed by atoms with E-state index in [4.69, 9.17) is 15.7 Å². The smallest absolute Gasteiger partial charge is 0.162 e. The van der Waals surface area contributed by atoms with Crippen LogP contribution in [0.4, 0.5) is 5.82 Å². The van der Waals surface area contributed by atoms with Crippen LogP contribution in [0.25, 0.3) is 32.7 Å². The molecule has 3 N–H and O–H groups in total. The third kappa shape index (κ3) is 4.77. The van der Waals surface area contributed by atoms with E-state index in [1.807, 2.05) is 30.3 Å². The SMILES string of the molecule is Cc1ccc(-c2csc3c(NCC(N)Cc4ccccc4)nc(-c4ccncc4)nc23)cc1. The predicted octanol–water partition coefficient (Wildman–Crippen LogP) is 5.71. The van der Waals surface area contributed by atoms with Gasteiger partial charge in [0.25, 0.3) is 0 Å². The number of thiophene rings is 1. The zero-order valence-electron chi connectivity index (χ0n) is 18.4. The lowest BCUT2D eigenvalue weighted by molar-refractivity contribution is 0.698. The Bertz CT molecular complexity index is 1350. The standard InChI is InChI=1S/C27H25N5S/c1-18-7-9-20(10-8-18)23-17-33-25-24(23)31-26(21-11-13-29-14-12-21)32-27(25)30-16-22(28)15-19-5-3-2-4-6-19/h2-14,17,22H,15-16,28H2,1H3,(H,30,31,32). The first-order valence-electron chi connectivity index (χ1n) is 11.0. The van der Waals surface area contributed by atoms with E-state index in [2.05, 4.69) is 59.0 Å². The van der Waals surface area contributed by atoms with Gasteiger partial charge in [0, 0.05) is 41.5 Å². The third-order valence-electron chi connectivity index (χ3n) is 5.59. The molecule has 0 saturated heterocycles. The van der Waals surface area contributed by atoms with E-state index in [1.165, 1.54) is 11.1 Å². The molecule has 0 aliphatic carbocycles. The minimum atomic E-state index is -0.0293. The van der Waals surface area contributed by atoms with E-state index in [9.17, 15) is 0 Å². The maximum absolute atomic E-state index is 6.45. The predicted molar refractivity (Wildman–Crippen MR) is 137 cm³/mol. The lowest BCUT2D eigenvalue weighted by Crippen LogP contribution is -2.31. The number of aromatic nitrogens is 3. The number of fused-ring (bicyclic) bond motifs is 1. The van der Waals surface area contributed by atoms with Crippen LogP contribution in [0.3, 0.4) is 0 Å². The number of nitrogens with two attached hydrogens (primary N) is 1. The van der Waals surface area contributed by atoms with Crippen LogP contribution in [0.1, 0.15) is 11.1 Å². The zero-order chi connectivity index (χ0) is 22.6. The van der Waals surface area contributed by atoms with Crippen molar-refractivity contribution in [1.29, 1.82) is 0 Å². The van der Waals surface area contributed by atoms with Gasteiger partial charge < -0.3 is 11.1 Å². The topological polar surface area (TPSA) is 76.7 Å². The van der Waals surface area contributed by atoms with Gasteiger partial charge >= 0.3 is 0 Å². The van der Waals surface area contributed by atoms with Crippen LogP contribution in [0, 0.1) is 6.92 Å². The largest absolute Gasteiger partial charge is 0.367 e. The van der Waals surface area contributed by atoms with E-state index in [1.54, 1.807) is 23.7 Å². The molecule has 0 saturated carbocycles. The summed E-state index contributed by atoms with van der Waals surface area (Å²) in [6, 6.07) is 22.7. The van der Waals surface area contributed by atoms with Crippen LogP contribution >= 0.6 is 11.3 Å². The van der Waals surface area contributed by atoms with Crippen LogP contribution in [0.15, 0.2) is 84.5 Å². The lowest BCUT2D eigenvalue weighted by atomic mass is 10.1. The van der Waals surface area contributed by atoms with Crippen LogP contribution in [0.5, 0.6) is 0 Å². The van der Waals surface area contributed by atoms with E-state index >= 15 is 0 Å². The average Bonchev–Trinajstić information content (AvgIpc) is 3.28. The molecular formula is C27H25N5S.